The summed E-state index contributed by atoms with van der Waals surface area (Å²) in [5, 5.41) is 7.71. The zero-order valence-corrected chi connectivity index (χ0v) is 14.1. The average Bonchev–Trinajstić information content (AvgIpc) is 2.45. The van der Waals surface area contributed by atoms with E-state index in [4.69, 9.17) is 0 Å². The molecule has 1 N–H and O–H groups in total. The number of aromatic nitrogens is 2. The summed E-state index contributed by atoms with van der Waals surface area (Å²) in [5.74, 6) is 0.630. The second kappa shape index (κ2) is 6.48. The smallest absolute Gasteiger partial charge is 0.291 e. The normalized spacial score (nSPS) is 22.9. The molecule has 116 valence electrons. The van der Waals surface area contributed by atoms with E-state index in [2.05, 4.69) is 31.2 Å². The minimum Gasteiger partial charge on any atom is -0.365 e. The maximum Gasteiger partial charge on any atom is 0.291 e. The first-order chi connectivity index (χ1) is 10.2. The highest BCUT2D eigenvalue weighted by Crippen LogP contribution is 2.28. The molecule has 5 nitrogen and oxygen atoms in total. The minimum atomic E-state index is 0.0318. The Hall–Kier alpha value is -0.880. The largest absolute Gasteiger partial charge is 0.365 e. The Kier molecular flexibility index (Phi) is 4.64. The molecule has 0 spiro atoms. The Morgan fingerprint density at radius 1 is 1.43 bits per heavy atom. The minimum absolute atomic E-state index is 0.0318. The van der Waals surface area contributed by atoms with Gasteiger partial charge in [0.1, 0.15) is 5.69 Å². The summed E-state index contributed by atoms with van der Waals surface area (Å²) in [6.07, 6.45) is 7.79. The second-order valence-corrected chi connectivity index (χ2v) is 7.09. The van der Waals surface area contributed by atoms with E-state index in [-0.39, 0.29) is 5.56 Å². The average molecular weight is 355 g/mol. The van der Waals surface area contributed by atoms with Gasteiger partial charge < -0.3 is 10.2 Å². The Morgan fingerprint density at radius 3 is 2.86 bits per heavy atom. The first-order valence-corrected chi connectivity index (χ1v) is 8.65. The van der Waals surface area contributed by atoms with Crippen molar-refractivity contribution in [1.29, 1.82) is 0 Å². The van der Waals surface area contributed by atoms with Crippen molar-refractivity contribution < 1.29 is 0 Å². The molecule has 2 heterocycles. The predicted octanol–water partition coefficient (Wildman–Crippen LogP) is 1.99. The number of rotatable bonds is 4. The van der Waals surface area contributed by atoms with Gasteiger partial charge >= 0.3 is 0 Å². The van der Waals surface area contributed by atoms with Gasteiger partial charge in [-0.15, -0.1) is 0 Å². The lowest BCUT2D eigenvalue weighted by Crippen LogP contribution is -2.46. The van der Waals surface area contributed by atoms with Crippen molar-refractivity contribution in [2.45, 2.75) is 44.7 Å². The standard InChI is InChI=1S/C15H23BrN4O/c1-19(12-6-3-7-17-8-12)14-13(16)9-18-20(15(14)21)10-11-4-2-5-11/h9,11-12,17H,2-8,10H2,1H3. The topological polar surface area (TPSA) is 50.2 Å². The van der Waals surface area contributed by atoms with Crippen LogP contribution in [0.1, 0.15) is 32.1 Å². The summed E-state index contributed by atoms with van der Waals surface area (Å²) in [6, 6.07) is 0.377. The zero-order chi connectivity index (χ0) is 14.8. The van der Waals surface area contributed by atoms with Crippen LogP contribution in [0.15, 0.2) is 15.5 Å². The Bertz CT molecular complexity index is 549. The zero-order valence-electron chi connectivity index (χ0n) is 12.5. The molecule has 0 aromatic carbocycles. The van der Waals surface area contributed by atoms with Gasteiger partial charge in [0, 0.05) is 26.2 Å². The quantitative estimate of drug-likeness (QED) is 0.898. The van der Waals surface area contributed by atoms with E-state index < -0.39 is 0 Å². The highest BCUT2D eigenvalue weighted by atomic mass is 79.9. The summed E-state index contributed by atoms with van der Waals surface area (Å²) >= 11 is 3.51. The molecule has 1 aliphatic carbocycles. The van der Waals surface area contributed by atoms with E-state index >= 15 is 0 Å². The molecule has 1 aliphatic heterocycles. The number of nitrogens with zero attached hydrogens (tertiary/aromatic N) is 3. The summed E-state index contributed by atoms with van der Waals surface area (Å²) in [7, 11) is 2.02. The van der Waals surface area contributed by atoms with Crippen LogP contribution < -0.4 is 15.8 Å². The Morgan fingerprint density at radius 2 is 2.24 bits per heavy atom. The molecule has 1 unspecified atom stereocenters. The molecule has 0 bridgehead atoms. The molecule has 2 fully saturated rings. The molecule has 1 saturated heterocycles. The molecule has 1 atom stereocenters. The van der Waals surface area contributed by atoms with Crippen molar-refractivity contribution in [3.8, 4) is 0 Å². The van der Waals surface area contributed by atoms with E-state index in [0.717, 1.165) is 42.6 Å². The number of hydrogen-bond donors (Lipinski definition) is 1. The summed E-state index contributed by atoms with van der Waals surface area (Å²) < 4.78 is 2.45. The van der Waals surface area contributed by atoms with E-state index in [9.17, 15) is 4.79 Å². The molecular weight excluding hydrogens is 332 g/mol. The third kappa shape index (κ3) is 3.16. The monoisotopic (exact) mass is 354 g/mol. The third-order valence-electron chi connectivity index (χ3n) is 4.80. The molecule has 2 aliphatic rings. The maximum absolute atomic E-state index is 12.8. The van der Waals surface area contributed by atoms with Crippen LogP contribution in [0.25, 0.3) is 0 Å². The number of piperidine rings is 1. The SMILES string of the molecule is CN(c1c(Br)cnn(CC2CCC2)c1=O)C1CCCNC1. The van der Waals surface area contributed by atoms with E-state index in [0.29, 0.717) is 12.0 Å². The van der Waals surface area contributed by atoms with Crippen molar-refractivity contribution in [3.05, 3.63) is 21.0 Å². The molecule has 0 amide bonds. The van der Waals surface area contributed by atoms with Gasteiger partial charge in [0.05, 0.1) is 10.7 Å². The number of anilines is 1. The predicted molar refractivity (Wildman–Crippen MR) is 87.8 cm³/mol. The number of halogens is 1. The Labute approximate surface area is 133 Å². The van der Waals surface area contributed by atoms with Gasteiger partial charge in [-0.3, -0.25) is 4.79 Å². The number of likely N-dealkylation sites (N-methyl/N-ethyl adjacent to an activating group) is 1. The highest BCUT2D eigenvalue weighted by Gasteiger charge is 2.24. The van der Waals surface area contributed by atoms with Crippen molar-refractivity contribution in [1.82, 2.24) is 15.1 Å². The number of hydrogen-bond acceptors (Lipinski definition) is 4. The summed E-state index contributed by atoms with van der Waals surface area (Å²) in [4.78, 5) is 14.9. The number of nitrogens with one attached hydrogen (secondary N) is 1. The van der Waals surface area contributed by atoms with Crippen LogP contribution >= 0.6 is 15.9 Å². The third-order valence-corrected chi connectivity index (χ3v) is 5.38. The fourth-order valence-electron chi connectivity index (χ4n) is 3.17. The van der Waals surface area contributed by atoms with Crippen molar-refractivity contribution in [3.63, 3.8) is 0 Å². The summed E-state index contributed by atoms with van der Waals surface area (Å²) in [6.45, 7) is 2.77. The lowest BCUT2D eigenvalue weighted by atomic mass is 9.85. The molecular formula is C15H23BrN4O. The Balaban J connectivity index is 1.85. The molecule has 21 heavy (non-hydrogen) atoms. The maximum atomic E-state index is 12.8. The molecule has 1 aromatic rings. The summed E-state index contributed by atoms with van der Waals surface area (Å²) in [5.41, 5.74) is 0.780. The van der Waals surface area contributed by atoms with Crippen LogP contribution in [0, 0.1) is 5.92 Å². The van der Waals surface area contributed by atoms with Crippen LogP contribution in [0.5, 0.6) is 0 Å². The highest BCUT2D eigenvalue weighted by molar-refractivity contribution is 9.10. The first kappa shape index (κ1) is 15.0. The molecule has 1 saturated carbocycles. The van der Waals surface area contributed by atoms with Crippen LogP contribution in [0.4, 0.5) is 5.69 Å². The van der Waals surface area contributed by atoms with E-state index in [1.807, 2.05) is 7.05 Å². The van der Waals surface area contributed by atoms with Gasteiger partial charge in [-0.1, -0.05) is 6.42 Å². The van der Waals surface area contributed by atoms with Crippen LogP contribution in [0.2, 0.25) is 0 Å². The van der Waals surface area contributed by atoms with Gasteiger partial charge in [-0.25, -0.2) is 4.68 Å². The lowest BCUT2D eigenvalue weighted by Gasteiger charge is -2.33. The molecule has 6 heteroatoms. The molecule has 0 radical (unpaired) electrons. The van der Waals surface area contributed by atoms with Crippen LogP contribution in [-0.4, -0.2) is 36.0 Å². The molecule has 1 aromatic heterocycles. The fourth-order valence-corrected chi connectivity index (χ4v) is 3.72. The van der Waals surface area contributed by atoms with Crippen molar-refractivity contribution >= 4 is 21.6 Å². The van der Waals surface area contributed by atoms with E-state index in [1.54, 1.807) is 10.9 Å². The van der Waals surface area contributed by atoms with Crippen LogP contribution in [0.3, 0.4) is 0 Å². The van der Waals surface area contributed by atoms with E-state index in [1.165, 1.54) is 19.3 Å². The van der Waals surface area contributed by atoms with Gasteiger partial charge in [0.2, 0.25) is 0 Å². The first-order valence-electron chi connectivity index (χ1n) is 7.86. The molecule has 3 rings (SSSR count). The lowest BCUT2D eigenvalue weighted by molar-refractivity contribution is 0.261. The van der Waals surface area contributed by atoms with Gasteiger partial charge in [0.25, 0.3) is 5.56 Å². The van der Waals surface area contributed by atoms with Gasteiger partial charge in [-0.2, -0.15) is 5.10 Å². The van der Waals surface area contributed by atoms with Gasteiger partial charge in [-0.05, 0) is 54.1 Å². The second-order valence-electron chi connectivity index (χ2n) is 6.24. The van der Waals surface area contributed by atoms with Crippen molar-refractivity contribution in [2.24, 2.45) is 5.92 Å². The van der Waals surface area contributed by atoms with Crippen LogP contribution in [-0.2, 0) is 6.54 Å². The fraction of sp³-hybridized carbons (Fsp3) is 0.733. The van der Waals surface area contributed by atoms with Crippen molar-refractivity contribution in [2.75, 3.05) is 25.0 Å². The van der Waals surface area contributed by atoms with Gasteiger partial charge in [0.15, 0.2) is 0 Å².